The molecule has 0 spiro atoms. The van der Waals surface area contributed by atoms with E-state index in [9.17, 15) is 4.79 Å². The van der Waals surface area contributed by atoms with Crippen molar-refractivity contribution in [2.45, 2.75) is 19.2 Å². The van der Waals surface area contributed by atoms with Crippen LogP contribution in [0.5, 0.6) is 17.2 Å². The number of methoxy groups -OCH3 is 3. The molecule has 6 nitrogen and oxygen atoms in total. The van der Waals surface area contributed by atoms with Crippen LogP contribution in [0.1, 0.15) is 24.8 Å². The summed E-state index contributed by atoms with van der Waals surface area (Å²) in [5.74, 6) is 2.46. The molecule has 0 aliphatic carbocycles. The Morgan fingerprint density at radius 3 is 2.36 bits per heavy atom. The fraction of sp³-hybridized carbons (Fsp3) is 0.611. The minimum absolute atomic E-state index is 0.0715. The highest BCUT2D eigenvalue weighted by Gasteiger charge is 2.35. The van der Waals surface area contributed by atoms with Gasteiger partial charge in [-0.1, -0.05) is 13.8 Å². The largest absolute Gasteiger partial charge is 0.493 e. The lowest BCUT2D eigenvalue weighted by Crippen LogP contribution is -2.37. The van der Waals surface area contributed by atoms with Gasteiger partial charge in [0, 0.05) is 18.7 Å². The number of carbonyl (C=O) groups is 1. The third kappa shape index (κ3) is 4.15. The predicted octanol–water partition coefficient (Wildman–Crippen LogP) is 2.63. The third-order valence-corrected chi connectivity index (χ3v) is 5.76. The lowest BCUT2D eigenvalue weighted by atomic mass is 10.1. The molecular formula is C18H28N2O4S. The minimum Gasteiger partial charge on any atom is -0.493 e. The second-order valence-corrected chi connectivity index (χ2v) is 6.77. The van der Waals surface area contributed by atoms with Crippen LogP contribution < -0.4 is 14.2 Å². The van der Waals surface area contributed by atoms with Crippen LogP contribution in [0.4, 0.5) is 0 Å². The highest BCUT2D eigenvalue weighted by molar-refractivity contribution is 8.00. The molecule has 1 aliphatic heterocycles. The van der Waals surface area contributed by atoms with Gasteiger partial charge in [-0.3, -0.25) is 4.79 Å². The molecule has 1 fully saturated rings. The van der Waals surface area contributed by atoms with Crippen molar-refractivity contribution in [1.29, 1.82) is 0 Å². The molecule has 1 amide bonds. The second-order valence-electron chi connectivity index (χ2n) is 5.70. The molecule has 1 aromatic carbocycles. The lowest BCUT2D eigenvalue weighted by molar-refractivity contribution is -0.128. The first-order valence-electron chi connectivity index (χ1n) is 8.53. The molecule has 1 aromatic rings. The third-order valence-electron chi connectivity index (χ3n) is 4.52. The van der Waals surface area contributed by atoms with Crippen LogP contribution in [-0.4, -0.2) is 69.0 Å². The van der Waals surface area contributed by atoms with Gasteiger partial charge in [-0.2, -0.15) is 0 Å². The van der Waals surface area contributed by atoms with E-state index < -0.39 is 0 Å². The summed E-state index contributed by atoms with van der Waals surface area (Å²) in [5.41, 5.74) is 0.940. The fourth-order valence-electron chi connectivity index (χ4n) is 3.06. The predicted molar refractivity (Wildman–Crippen MR) is 101 cm³/mol. The van der Waals surface area contributed by atoms with Crippen LogP contribution in [-0.2, 0) is 4.79 Å². The Hall–Kier alpha value is -1.60. The molecule has 1 saturated heterocycles. The van der Waals surface area contributed by atoms with Crippen LogP contribution in [0.15, 0.2) is 12.1 Å². The van der Waals surface area contributed by atoms with Crippen molar-refractivity contribution in [2.75, 3.05) is 53.3 Å². The maximum absolute atomic E-state index is 12.4. The normalized spacial score (nSPS) is 17.3. The van der Waals surface area contributed by atoms with Gasteiger partial charge in [-0.15, -0.1) is 11.8 Å². The van der Waals surface area contributed by atoms with E-state index in [0.717, 1.165) is 25.2 Å². The van der Waals surface area contributed by atoms with Crippen molar-refractivity contribution < 1.29 is 19.0 Å². The average molecular weight is 368 g/mol. The Morgan fingerprint density at radius 1 is 1.12 bits per heavy atom. The molecule has 7 heteroatoms. The molecule has 0 N–H and O–H groups in total. The molecule has 1 unspecified atom stereocenters. The summed E-state index contributed by atoms with van der Waals surface area (Å²) in [4.78, 5) is 16.7. The fourth-order valence-corrected chi connectivity index (χ4v) is 4.30. The summed E-state index contributed by atoms with van der Waals surface area (Å²) >= 11 is 1.62. The summed E-state index contributed by atoms with van der Waals surface area (Å²) in [7, 11) is 4.80. The molecule has 2 rings (SSSR count). The van der Waals surface area contributed by atoms with Gasteiger partial charge in [-0.25, -0.2) is 0 Å². The molecule has 0 bridgehead atoms. The van der Waals surface area contributed by atoms with Crippen molar-refractivity contribution in [3.63, 3.8) is 0 Å². The van der Waals surface area contributed by atoms with E-state index in [0.29, 0.717) is 29.5 Å². The van der Waals surface area contributed by atoms with Crippen molar-refractivity contribution in [1.82, 2.24) is 9.80 Å². The van der Waals surface area contributed by atoms with Gasteiger partial charge in [0.25, 0.3) is 0 Å². The van der Waals surface area contributed by atoms with E-state index in [2.05, 4.69) is 18.7 Å². The Labute approximate surface area is 154 Å². The number of hydrogen-bond donors (Lipinski definition) is 0. The van der Waals surface area contributed by atoms with Gasteiger partial charge >= 0.3 is 0 Å². The number of thioether (sulfide) groups is 1. The second kappa shape index (κ2) is 9.20. The van der Waals surface area contributed by atoms with Crippen LogP contribution in [0.3, 0.4) is 0 Å². The van der Waals surface area contributed by atoms with E-state index in [1.807, 2.05) is 17.0 Å². The van der Waals surface area contributed by atoms with Gasteiger partial charge in [-0.05, 0) is 25.2 Å². The van der Waals surface area contributed by atoms with E-state index >= 15 is 0 Å². The summed E-state index contributed by atoms with van der Waals surface area (Å²) in [6, 6.07) is 3.82. The standard InChI is InChI=1S/C18H28N2O4S/c1-6-19(7-2)10-11-20-15(21)12-25-18(20)13-8-9-14(22-3)17(24-5)16(13)23-4/h8-9,18H,6-7,10-12H2,1-5H3. The summed E-state index contributed by atoms with van der Waals surface area (Å²) < 4.78 is 16.4. The number of carbonyl (C=O) groups excluding carboxylic acids is 1. The summed E-state index contributed by atoms with van der Waals surface area (Å²) in [6.45, 7) is 7.81. The lowest BCUT2D eigenvalue weighted by Gasteiger charge is -2.29. The molecule has 140 valence electrons. The monoisotopic (exact) mass is 368 g/mol. The van der Waals surface area contributed by atoms with E-state index in [1.54, 1.807) is 33.1 Å². The topological polar surface area (TPSA) is 51.2 Å². The number of nitrogens with zero attached hydrogens (tertiary/aromatic N) is 2. The average Bonchev–Trinajstić information content (AvgIpc) is 3.01. The number of rotatable bonds is 9. The first-order chi connectivity index (χ1) is 12.1. The van der Waals surface area contributed by atoms with Gasteiger partial charge in [0.05, 0.1) is 27.1 Å². The first kappa shape index (κ1) is 19.7. The Balaban J connectivity index is 2.30. The van der Waals surface area contributed by atoms with Gasteiger partial charge in [0.15, 0.2) is 11.5 Å². The van der Waals surface area contributed by atoms with Crippen molar-refractivity contribution in [3.8, 4) is 17.2 Å². The minimum atomic E-state index is -0.0715. The zero-order valence-corrected chi connectivity index (χ0v) is 16.5. The van der Waals surface area contributed by atoms with Crippen LogP contribution in [0.2, 0.25) is 0 Å². The van der Waals surface area contributed by atoms with Crippen LogP contribution >= 0.6 is 11.8 Å². The maximum atomic E-state index is 12.4. The molecule has 1 aliphatic rings. The SMILES string of the molecule is CCN(CC)CCN1C(=O)CSC1c1ccc(OC)c(OC)c1OC. The number of benzene rings is 1. The Bertz CT molecular complexity index is 593. The quantitative estimate of drug-likeness (QED) is 0.668. The number of hydrogen-bond acceptors (Lipinski definition) is 6. The Morgan fingerprint density at radius 2 is 1.80 bits per heavy atom. The van der Waals surface area contributed by atoms with E-state index in [4.69, 9.17) is 14.2 Å². The first-order valence-corrected chi connectivity index (χ1v) is 9.58. The van der Waals surface area contributed by atoms with Crippen LogP contribution in [0, 0.1) is 0 Å². The molecule has 1 atom stereocenters. The summed E-state index contributed by atoms with van der Waals surface area (Å²) in [5, 5.41) is -0.0715. The molecule has 0 saturated carbocycles. The smallest absolute Gasteiger partial charge is 0.233 e. The summed E-state index contributed by atoms with van der Waals surface area (Å²) in [6.07, 6.45) is 0. The molecule has 1 heterocycles. The molecule has 0 aromatic heterocycles. The molecule has 25 heavy (non-hydrogen) atoms. The van der Waals surface area contributed by atoms with Gasteiger partial charge < -0.3 is 24.0 Å². The van der Waals surface area contributed by atoms with Crippen molar-refractivity contribution >= 4 is 17.7 Å². The van der Waals surface area contributed by atoms with Gasteiger partial charge in [0.2, 0.25) is 11.7 Å². The highest BCUT2D eigenvalue weighted by Crippen LogP contribution is 2.48. The Kier molecular flexibility index (Phi) is 7.25. The zero-order chi connectivity index (χ0) is 18.4. The zero-order valence-electron chi connectivity index (χ0n) is 15.7. The van der Waals surface area contributed by atoms with E-state index in [-0.39, 0.29) is 11.3 Å². The highest BCUT2D eigenvalue weighted by atomic mass is 32.2. The van der Waals surface area contributed by atoms with Crippen molar-refractivity contribution in [3.05, 3.63) is 17.7 Å². The number of ether oxygens (including phenoxy) is 3. The van der Waals surface area contributed by atoms with E-state index in [1.165, 1.54) is 0 Å². The molecule has 0 radical (unpaired) electrons. The van der Waals surface area contributed by atoms with Gasteiger partial charge in [0.1, 0.15) is 5.37 Å². The molecular weight excluding hydrogens is 340 g/mol. The number of likely N-dealkylation sites (N-methyl/N-ethyl adjacent to an activating group) is 1. The number of amides is 1. The van der Waals surface area contributed by atoms with Crippen LogP contribution in [0.25, 0.3) is 0 Å². The maximum Gasteiger partial charge on any atom is 0.233 e. The van der Waals surface area contributed by atoms with Crippen molar-refractivity contribution in [2.24, 2.45) is 0 Å².